The fraction of sp³-hybridized carbons (Fsp3) is 0.345. The molecule has 0 radical (unpaired) electrons. The number of rotatable bonds is 9. The van der Waals surface area contributed by atoms with Crippen LogP contribution in [0.25, 0.3) is 6.08 Å². The van der Waals surface area contributed by atoms with Gasteiger partial charge in [0.1, 0.15) is 0 Å². The molecular formula is C29H33N3O5S. The van der Waals surface area contributed by atoms with Crippen molar-refractivity contribution in [3.63, 3.8) is 0 Å². The number of thiazole rings is 1. The van der Waals surface area contributed by atoms with Gasteiger partial charge in [0.05, 0.1) is 41.7 Å². The molecule has 4 rings (SSSR count). The lowest BCUT2D eigenvalue weighted by Gasteiger charge is -2.25. The standard InChI is InChI=1S/C29H33N3O5S/c1-7-35-22-15-12-20(17-23(22)36-8-2)26-25(28(34)37-9-3)18(4)30-29-32(26)27(33)24(38-29)16-19-10-13-21(14-11-19)31(5)6/h10-17,26H,7-9H2,1-6H3/b24-16-. The second-order valence-electron chi connectivity index (χ2n) is 8.86. The zero-order valence-electron chi connectivity index (χ0n) is 22.6. The van der Waals surface area contributed by atoms with Crippen molar-refractivity contribution in [2.75, 3.05) is 38.8 Å². The number of fused-ring (bicyclic) bond motifs is 1. The van der Waals surface area contributed by atoms with Crippen LogP contribution in [0.5, 0.6) is 11.5 Å². The first-order chi connectivity index (χ1) is 18.3. The summed E-state index contributed by atoms with van der Waals surface area (Å²) in [5, 5.41) is 0. The van der Waals surface area contributed by atoms with Crippen molar-refractivity contribution < 1.29 is 19.0 Å². The van der Waals surface area contributed by atoms with Crippen molar-refractivity contribution in [1.82, 2.24) is 4.57 Å². The van der Waals surface area contributed by atoms with Crippen LogP contribution >= 0.6 is 11.3 Å². The molecule has 2 aromatic carbocycles. The third kappa shape index (κ3) is 5.38. The van der Waals surface area contributed by atoms with Gasteiger partial charge >= 0.3 is 5.97 Å². The number of carbonyl (C=O) groups excluding carboxylic acids is 1. The van der Waals surface area contributed by atoms with Crippen LogP contribution in [0.1, 0.15) is 44.9 Å². The number of nitrogens with zero attached hydrogens (tertiary/aromatic N) is 3. The van der Waals surface area contributed by atoms with E-state index < -0.39 is 12.0 Å². The van der Waals surface area contributed by atoms with Gasteiger partial charge in [0.25, 0.3) is 5.56 Å². The van der Waals surface area contributed by atoms with E-state index in [9.17, 15) is 9.59 Å². The Morgan fingerprint density at radius 3 is 2.34 bits per heavy atom. The van der Waals surface area contributed by atoms with Gasteiger partial charge in [0.2, 0.25) is 0 Å². The fourth-order valence-electron chi connectivity index (χ4n) is 4.36. The lowest BCUT2D eigenvalue weighted by molar-refractivity contribution is -0.139. The summed E-state index contributed by atoms with van der Waals surface area (Å²) in [5.41, 5.74) is 3.29. The van der Waals surface area contributed by atoms with Gasteiger partial charge in [-0.2, -0.15) is 0 Å². The Morgan fingerprint density at radius 2 is 1.71 bits per heavy atom. The van der Waals surface area contributed by atoms with Gasteiger partial charge in [0, 0.05) is 19.8 Å². The highest BCUT2D eigenvalue weighted by molar-refractivity contribution is 7.07. The van der Waals surface area contributed by atoms with Gasteiger partial charge in [-0.25, -0.2) is 9.79 Å². The smallest absolute Gasteiger partial charge is 0.338 e. The number of ether oxygens (including phenoxy) is 3. The van der Waals surface area contributed by atoms with E-state index in [1.807, 2.05) is 81.4 Å². The van der Waals surface area contributed by atoms with Crippen molar-refractivity contribution in [3.05, 3.63) is 84.5 Å². The Morgan fingerprint density at radius 1 is 1.03 bits per heavy atom. The summed E-state index contributed by atoms with van der Waals surface area (Å²) >= 11 is 1.30. The van der Waals surface area contributed by atoms with Gasteiger partial charge < -0.3 is 19.1 Å². The summed E-state index contributed by atoms with van der Waals surface area (Å²) in [6.07, 6.45) is 1.85. The summed E-state index contributed by atoms with van der Waals surface area (Å²) in [6, 6.07) is 12.7. The summed E-state index contributed by atoms with van der Waals surface area (Å²) < 4.78 is 19.1. The number of hydrogen-bond acceptors (Lipinski definition) is 8. The maximum absolute atomic E-state index is 13.8. The monoisotopic (exact) mass is 535 g/mol. The summed E-state index contributed by atoms with van der Waals surface area (Å²) in [6.45, 7) is 8.46. The van der Waals surface area contributed by atoms with Crippen LogP contribution in [0.3, 0.4) is 0 Å². The number of aromatic nitrogens is 1. The molecule has 200 valence electrons. The van der Waals surface area contributed by atoms with Gasteiger partial charge in [0.15, 0.2) is 16.3 Å². The molecule has 1 unspecified atom stereocenters. The summed E-state index contributed by atoms with van der Waals surface area (Å²) in [7, 11) is 3.96. The Bertz CT molecular complexity index is 1530. The first kappa shape index (κ1) is 27.2. The van der Waals surface area contributed by atoms with Gasteiger partial charge in [-0.15, -0.1) is 0 Å². The number of hydrogen-bond donors (Lipinski definition) is 0. The summed E-state index contributed by atoms with van der Waals surface area (Å²) in [4.78, 5) is 34.2. The van der Waals surface area contributed by atoms with Gasteiger partial charge in [-0.3, -0.25) is 9.36 Å². The molecule has 0 bridgehead atoms. The molecule has 0 saturated heterocycles. The van der Waals surface area contributed by atoms with E-state index in [2.05, 4.69) is 4.99 Å². The van der Waals surface area contributed by atoms with E-state index in [0.29, 0.717) is 50.9 Å². The predicted molar refractivity (Wildman–Crippen MR) is 150 cm³/mol. The summed E-state index contributed by atoms with van der Waals surface area (Å²) in [5.74, 6) is 0.650. The minimum absolute atomic E-state index is 0.211. The minimum Gasteiger partial charge on any atom is -0.490 e. The maximum atomic E-state index is 13.8. The molecule has 0 aliphatic carbocycles. The molecule has 1 aliphatic rings. The Kier molecular flexibility index (Phi) is 8.36. The second kappa shape index (κ2) is 11.7. The van der Waals surface area contributed by atoms with Crippen LogP contribution in [0.15, 0.2) is 63.5 Å². The largest absolute Gasteiger partial charge is 0.490 e. The average molecular weight is 536 g/mol. The molecule has 2 heterocycles. The third-order valence-electron chi connectivity index (χ3n) is 6.11. The van der Waals surface area contributed by atoms with E-state index >= 15 is 0 Å². The van der Waals surface area contributed by atoms with Crippen LogP contribution in [-0.2, 0) is 9.53 Å². The van der Waals surface area contributed by atoms with E-state index in [1.165, 1.54) is 11.3 Å². The first-order valence-electron chi connectivity index (χ1n) is 12.7. The molecule has 8 nitrogen and oxygen atoms in total. The minimum atomic E-state index is -0.724. The highest BCUT2D eigenvalue weighted by Crippen LogP contribution is 2.36. The highest BCUT2D eigenvalue weighted by Gasteiger charge is 2.34. The van der Waals surface area contributed by atoms with Crippen LogP contribution in [0, 0.1) is 0 Å². The molecule has 0 amide bonds. The molecular weight excluding hydrogens is 502 g/mol. The predicted octanol–water partition coefficient (Wildman–Crippen LogP) is 3.66. The van der Waals surface area contributed by atoms with Crippen molar-refractivity contribution in [1.29, 1.82) is 0 Å². The maximum Gasteiger partial charge on any atom is 0.338 e. The molecule has 0 spiro atoms. The van der Waals surface area contributed by atoms with Crippen molar-refractivity contribution in [2.45, 2.75) is 33.7 Å². The van der Waals surface area contributed by atoms with Crippen molar-refractivity contribution >= 4 is 29.1 Å². The topological polar surface area (TPSA) is 82.4 Å². The number of carbonyl (C=O) groups is 1. The van der Waals surface area contributed by atoms with E-state index in [4.69, 9.17) is 14.2 Å². The Labute approximate surface area is 226 Å². The lowest BCUT2D eigenvalue weighted by atomic mass is 9.95. The molecule has 1 aromatic heterocycles. The number of allylic oxidation sites excluding steroid dienone is 1. The highest BCUT2D eigenvalue weighted by atomic mass is 32.1. The third-order valence-corrected chi connectivity index (χ3v) is 7.09. The molecule has 1 aliphatic heterocycles. The number of benzene rings is 2. The average Bonchev–Trinajstić information content (AvgIpc) is 3.19. The normalized spacial score (nSPS) is 15.1. The molecule has 0 saturated carbocycles. The fourth-order valence-corrected chi connectivity index (χ4v) is 5.41. The molecule has 38 heavy (non-hydrogen) atoms. The first-order valence-corrected chi connectivity index (χ1v) is 13.5. The molecule has 0 fully saturated rings. The van der Waals surface area contributed by atoms with Crippen LogP contribution in [0.4, 0.5) is 5.69 Å². The van der Waals surface area contributed by atoms with E-state index in [0.717, 1.165) is 11.3 Å². The van der Waals surface area contributed by atoms with E-state index in [-0.39, 0.29) is 12.2 Å². The number of esters is 1. The molecule has 9 heteroatoms. The van der Waals surface area contributed by atoms with Crippen LogP contribution in [0.2, 0.25) is 0 Å². The van der Waals surface area contributed by atoms with Crippen LogP contribution < -0.4 is 29.3 Å². The lowest BCUT2D eigenvalue weighted by Crippen LogP contribution is -2.40. The van der Waals surface area contributed by atoms with Gasteiger partial charge in [-0.1, -0.05) is 29.5 Å². The zero-order chi connectivity index (χ0) is 27.4. The quantitative estimate of drug-likeness (QED) is 0.389. The SMILES string of the molecule is CCOC(=O)C1=C(C)N=c2s/c(=C\c3ccc(N(C)C)cc3)c(=O)n2C1c1ccc(OCC)c(OCC)c1. The Balaban J connectivity index is 1.91. The number of anilines is 1. The van der Waals surface area contributed by atoms with Gasteiger partial charge in [-0.05, 0) is 69.2 Å². The van der Waals surface area contributed by atoms with Crippen molar-refractivity contribution in [3.8, 4) is 11.5 Å². The van der Waals surface area contributed by atoms with Crippen LogP contribution in [-0.4, -0.2) is 44.5 Å². The zero-order valence-corrected chi connectivity index (χ0v) is 23.4. The molecule has 1 atom stereocenters. The van der Waals surface area contributed by atoms with E-state index in [1.54, 1.807) is 18.4 Å². The molecule has 0 N–H and O–H groups in total. The second-order valence-corrected chi connectivity index (χ2v) is 9.87. The molecule has 3 aromatic rings. The Hall–Kier alpha value is -3.85. The van der Waals surface area contributed by atoms with Crippen molar-refractivity contribution in [2.24, 2.45) is 4.99 Å².